The average molecular weight is 498 g/mol. The van der Waals surface area contributed by atoms with E-state index in [1.807, 2.05) is 0 Å². The molecule has 1 heterocycles. The third-order valence-electron chi connectivity index (χ3n) is 4.38. The Hall–Kier alpha value is -2.31. The van der Waals surface area contributed by atoms with E-state index in [1.165, 1.54) is 12.2 Å². The minimum Gasteiger partial charge on any atom is -0.454 e. The Balaban J connectivity index is 1.66. The van der Waals surface area contributed by atoms with Crippen LogP contribution in [0.1, 0.15) is 27.2 Å². The summed E-state index contributed by atoms with van der Waals surface area (Å²) < 4.78 is 6.55. The van der Waals surface area contributed by atoms with Gasteiger partial charge in [-0.25, -0.2) is 9.48 Å². The second-order valence-electron chi connectivity index (χ2n) is 6.52. The van der Waals surface area contributed by atoms with Crippen molar-refractivity contribution >= 4 is 64.2 Å². The van der Waals surface area contributed by atoms with E-state index in [0.29, 0.717) is 42.6 Å². The lowest BCUT2D eigenvalue weighted by molar-refractivity contribution is -0.136. The highest BCUT2D eigenvalue weighted by Crippen LogP contribution is 2.28. The SMILES string of the molecule is Cc1nn(Cc2c(Cl)cccc2Cl)c(Cl)c1C=CC(=O)OCC(=O)c1ccc(Cl)cc1. The molecule has 31 heavy (non-hydrogen) atoms. The fraction of sp³-hybridized carbons (Fsp3) is 0.136. The van der Waals surface area contributed by atoms with Crippen molar-refractivity contribution in [2.24, 2.45) is 0 Å². The van der Waals surface area contributed by atoms with E-state index in [0.717, 1.165) is 0 Å². The van der Waals surface area contributed by atoms with Crippen LogP contribution in [-0.4, -0.2) is 28.1 Å². The first-order valence-electron chi connectivity index (χ1n) is 9.05. The molecular weight excluding hydrogens is 482 g/mol. The first-order chi connectivity index (χ1) is 14.8. The summed E-state index contributed by atoms with van der Waals surface area (Å²) in [6, 6.07) is 11.5. The van der Waals surface area contributed by atoms with Crippen molar-refractivity contribution in [1.29, 1.82) is 0 Å². The summed E-state index contributed by atoms with van der Waals surface area (Å²) >= 11 is 24.7. The number of benzene rings is 2. The Morgan fingerprint density at radius 3 is 2.32 bits per heavy atom. The molecule has 160 valence electrons. The zero-order valence-corrected chi connectivity index (χ0v) is 19.3. The summed E-state index contributed by atoms with van der Waals surface area (Å²) in [4.78, 5) is 24.1. The Morgan fingerprint density at radius 2 is 1.68 bits per heavy atom. The van der Waals surface area contributed by atoms with Gasteiger partial charge in [0.1, 0.15) is 5.15 Å². The molecule has 1 aromatic heterocycles. The second kappa shape index (κ2) is 10.3. The summed E-state index contributed by atoms with van der Waals surface area (Å²) in [5.41, 5.74) is 2.24. The summed E-state index contributed by atoms with van der Waals surface area (Å²) in [6.45, 7) is 1.64. The maximum absolute atomic E-state index is 12.1. The van der Waals surface area contributed by atoms with Gasteiger partial charge in [0, 0.05) is 37.8 Å². The van der Waals surface area contributed by atoms with Crippen LogP contribution in [0.5, 0.6) is 0 Å². The van der Waals surface area contributed by atoms with E-state index in [9.17, 15) is 9.59 Å². The number of aromatic nitrogens is 2. The minimum absolute atomic E-state index is 0.270. The van der Waals surface area contributed by atoms with Crippen molar-refractivity contribution < 1.29 is 14.3 Å². The van der Waals surface area contributed by atoms with E-state index < -0.39 is 5.97 Å². The van der Waals surface area contributed by atoms with Crippen molar-refractivity contribution in [3.8, 4) is 0 Å². The maximum atomic E-state index is 12.1. The quantitative estimate of drug-likeness (QED) is 0.218. The number of carbonyl (C=O) groups excluding carboxylic acids is 2. The van der Waals surface area contributed by atoms with Crippen LogP contribution in [0.3, 0.4) is 0 Å². The van der Waals surface area contributed by atoms with E-state index in [4.69, 9.17) is 51.1 Å². The molecule has 3 rings (SSSR count). The largest absolute Gasteiger partial charge is 0.454 e. The molecule has 3 aromatic rings. The highest BCUT2D eigenvalue weighted by Gasteiger charge is 2.15. The summed E-state index contributed by atoms with van der Waals surface area (Å²) in [5, 5.41) is 6.22. The highest BCUT2D eigenvalue weighted by atomic mass is 35.5. The lowest BCUT2D eigenvalue weighted by Gasteiger charge is -2.08. The smallest absolute Gasteiger partial charge is 0.331 e. The van der Waals surface area contributed by atoms with Gasteiger partial charge < -0.3 is 4.74 Å². The molecule has 0 atom stereocenters. The van der Waals surface area contributed by atoms with E-state index in [2.05, 4.69) is 5.10 Å². The summed E-state index contributed by atoms with van der Waals surface area (Å²) in [7, 11) is 0. The van der Waals surface area contributed by atoms with Crippen molar-refractivity contribution in [2.75, 3.05) is 6.61 Å². The molecule has 0 aliphatic rings. The fourth-order valence-electron chi connectivity index (χ4n) is 2.75. The van der Waals surface area contributed by atoms with Gasteiger partial charge in [0.15, 0.2) is 12.4 Å². The van der Waals surface area contributed by atoms with Gasteiger partial charge in [-0.2, -0.15) is 5.10 Å². The lowest BCUT2D eigenvalue weighted by Crippen LogP contribution is -2.12. The molecule has 0 amide bonds. The Kier molecular flexibility index (Phi) is 7.79. The minimum atomic E-state index is -0.681. The summed E-state index contributed by atoms with van der Waals surface area (Å²) in [5.74, 6) is -1.02. The molecule has 0 saturated heterocycles. The van der Waals surface area contributed by atoms with Crippen LogP contribution in [0.4, 0.5) is 0 Å². The van der Waals surface area contributed by atoms with Crippen molar-refractivity contribution in [3.05, 3.63) is 91.1 Å². The van der Waals surface area contributed by atoms with Gasteiger partial charge >= 0.3 is 5.97 Å². The van der Waals surface area contributed by atoms with Crippen LogP contribution in [-0.2, 0) is 16.1 Å². The van der Waals surface area contributed by atoms with E-state index in [-0.39, 0.29) is 18.9 Å². The number of halogens is 4. The van der Waals surface area contributed by atoms with Gasteiger partial charge in [-0.1, -0.05) is 52.5 Å². The number of hydrogen-bond acceptors (Lipinski definition) is 4. The number of esters is 1. The van der Waals surface area contributed by atoms with Gasteiger partial charge in [0.05, 0.1) is 12.2 Å². The molecule has 0 fully saturated rings. The average Bonchev–Trinajstić information content (AvgIpc) is 3.00. The van der Waals surface area contributed by atoms with Crippen LogP contribution in [0.2, 0.25) is 20.2 Å². The zero-order valence-electron chi connectivity index (χ0n) is 16.2. The molecule has 0 unspecified atom stereocenters. The Labute approximate surface area is 199 Å². The van der Waals surface area contributed by atoms with Crippen LogP contribution < -0.4 is 0 Å². The number of hydrogen-bond donors (Lipinski definition) is 0. The maximum Gasteiger partial charge on any atom is 0.331 e. The Morgan fingerprint density at radius 1 is 1.03 bits per heavy atom. The van der Waals surface area contributed by atoms with Crippen LogP contribution in [0.15, 0.2) is 48.5 Å². The molecule has 0 N–H and O–H groups in total. The molecule has 9 heteroatoms. The number of aryl methyl sites for hydroxylation is 1. The molecule has 0 aliphatic carbocycles. The first-order valence-corrected chi connectivity index (χ1v) is 10.6. The number of nitrogens with zero attached hydrogens (tertiary/aromatic N) is 2. The monoisotopic (exact) mass is 496 g/mol. The van der Waals surface area contributed by atoms with Crippen LogP contribution in [0, 0.1) is 6.92 Å². The topological polar surface area (TPSA) is 61.2 Å². The molecule has 0 bridgehead atoms. The number of ether oxygens (including phenoxy) is 1. The first kappa shape index (κ1) is 23.4. The third-order valence-corrected chi connectivity index (χ3v) is 5.74. The second-order valence-corrected chi connectivity index (χ2v) is 8.13. The third kappa shape index (κ3) is 5.89. The van der Waals surface area contributed by atoms with E-state index >= 15 is 0 Å². The molecule has 0 aliphatic heterocycles. The molecule has 2 aromatic carbocycles. The van der Waals surface area contributed by atoms with Gasteiger partial charge in [-0.15, -0.1) is 0 Å². The molecule has 5 nitrogen and oxygen atoms in total. The number of ketones is 1. The molecule has 0 saturated carbocycles. The van der Waals surface area contributed by atoms with Crippen molar-refractivity contribution in [1.82, 2.24) is 9.78 Å². The van der Waals surface area contributed by atoms with Crippen molar-refractivity contribution in [2.45, 2.75) is 13.5 Å². The van der Waals surface area contributed by atoms with Crippen molar-refractivity contribution in [3.63, 3.8) is 0 Å². The fourth-order valence-corrected chi connectivity index (χ4v) is 3.69. The predicted octanol–water partition coefficient (Wildman–Crippen LogP) is 6.29. The van der Waals surface area contributed by atoms with E-state index in [1.54, 1.807) is 54.1 Å². The molecule has 0 spiro atoms. The van der Waals surface area contributed by atoms with Gasteiger partial charge in [0.2, 0.25) is 0 Å². The number of rotatable bonds is 7. The van der Waals surface area contributed by atoms with Crippen LogP contribution >= 0.6 is 46.4 Å². The number of carbonyl (C=O) groups is 2. The normalized spacial score (nSPS) is 11.1. The lowest BCUT2D eigenvalue weighted by atomic mass is 10.1. The van der Waals surface area contributed by atoms with Crippen LogP contribution in [0.25, 0.3) is 6.08 Å². The van der Waals surface area contributed by atoms with Gasteiger partial charge in [-0.3, -0.25) is 4.79 Å². The van der Waals surface area contributed by atoms with Gasteiger partial charge in [0.25, 0.3) is 0 Å². The Bertz CT molecular complexity index is 1130. The zero-order chi connectivity index (χ0) is 22.5. The molecular formula is C22H16Cl4N2O3. The predicted molar refractivity (Wildman–Crippen MR) is 123 cm³/mol. The molecule has 0 radical (unpaired) electrons. The van der Waals surface area contributed by atoms with Gasteiger partial charge in [-0.05, 0) is 49.4 Å². The standard InChI is InChI=1S/C22H16Cl4N2O3/c1-13-16(22(26)28(27-13)11-17-18(24)3-2-4-19(17)25)9-10-21(30)31-12-20(29)14-5-7-15(23)8-6-14/h2-10H,11-12H2,1H3. The summed E-state index contributed by atoms with van der Waals surface area (Å²) in [6.07, 6.45) is 2.68. The highest BCUT2D eigenvalue weighted by molar-refractivity contribution is 6.36. The number of Topliss-reactive ketones (excluding diaryl/α,β-unsaturated/α-hetero) is 1.